The first-order valence-electron chi connectivity index (χ1n) is 14.8. The Morgan fingerprint density at radius 3 is 1.60 bits per heavy atom. The molecule has 0 radical (unpaired) electrons. The molecule has 0 atom stereocenters. The monoisotopic (exact) mass is 584 g/mol. The summed E-state index contributed by atoms with van der Waals surface area (Å²) < 4.78 is 0. The van der Waals surface area contributed by atoms with Crippen LogP contribution in [-0.2, 0) is 29.3 Å². The minimum absolute atomic E-state index is 0. The minimum atomic E-state index is -0.369. The van der Waals surface area contributed by atoms with Gasteiger partial charge in [-0.2, -0.15) is 0 Å². The second-order valence-electron chi connectivity index (χ2n) is 9.83. The molecule has 0 saturated carbocycles. The van der Waals surface area contributed by atoms with Crippen LogP contribution in [0.25, 0.3) is 0 Å². The molecule has 0 aromatic heterocycles. The molecule has 4 nitrogen and oxygen atoms in total. The quantitative estimate of drug-likeness (QED) is 0.108. The third-order valence-corrected chi connectivity index (χ3v) is 6.67. The number of nitrogens with zero attached hydrogens (tertiary/aromatic N) is 2. The summed E-state index contributed by atoms with van der Waals surface area (Å²) in [6, 6.07) is 23.4. The Kier molecular flexibility index (Phi) is 18.4. The van der Waals surface area contributed by atoms with Crippen molar-refractivity contribution in [2.45, 2.75) is 98.3 Å². The average molecular weight is 585 g/mol. The molecule has 0 saturated heterocycles. The first-order chi connectivity index (χ1) is 19.0. The van der Waals surface area contributed by atoms with Gasteiger partial charge < -0.3 is 10.2 Å². The van der Waals surface area contributed by atoms with Crippen molar-refractivity contribution >= 4 is 22.8 Å². The zero-order chi connectivity index (χ0) is 28.3. The standard InChI is InChI=1S/C22H28N2.C13H20O2.Ni/c1-3-5-6-13-18-22(24-20-16-11-8-12-17-20)21(4-2)23-19-14-9-7-10-15-19;1-3-5-6-7-11-9-13(15)12(14)8-10(11)4-2;/h7-12,14-17H,3-6,13,18H2,1-2H3;8-9,14-15H,3-7H2,1-2H3;/q;;+2/p-2. The van der Waals surface area contributed by atoms with E-state index >= 15 is 0 Å². The predicted octanol–water partition coefficient (Wildman–Crippen LogP) is 9.04. The number of unbranched alkanes of at least 4 members (excludes halogenated alkanes) is 5. The van der Waals surface area contributed by atoms with E-state index < -0.39 is 0 Å². The van der Waals surface area contributed by atoms with E-state index in [0.717, 1.165) is 66.0 Å². The summed E-state index contributed by atoms with van der Waals surface area (Å²) in [5, 5.41) is 22.4. The van der Waals surface area contributed by atoms with Gasteiger partial charge in [0.25, 0.3) is 0 Å². The van der Waals surface area contributed by atoms with Crippen LogP contribution in [0.3, 0.4) is 0 Å². The van der Waals surface area contributed by atoms with Gasteiger partial charge in [0.05, 0.1) is 22.8 Å². The third-order valence-electron chi connectivity index (χ3n) is 6.67. The van der Waals surface area contributed by atoms with Crippen molar-refractivity contribution in [3.63, 3.8) is 0 Å². The van der Waals surface area contributed by atoms with E-state index in [2.05, 4.69) is 32.9 Å². The summed E-state index contributed by atoms with van der Waals surface area (Å²) in [5.74, 6) is -0.732. The van der Waals surface area contributed by atoms with Gasteiger partial charge in [0.2, 0.25) is 0 Å². The molecule has 0 heterocycles. The third kappa shape index (κ3) is 13.0. The summed E-state index contributed by atoms with van der Waals surface area (Å²) in [4.78, 5) is 9.77. The van der Waals surface area contributed by atoms with E-state index in [1.54, 1.807) is 0 Å². The van der Waals surface area contributed by atoms with Gasteiger partial charge in [-0.3, -0.25) is 9.98 Å². The Hall–Kier alpha value is -2.91. The Bertz CT molecular complexity index is 1140. The maximum absolute atomic E-state index is 11.2. The Morgan fingerprint density at radius 2 is 1.10 bits per heavy atom. The van der Waals surface area contributed by atoms with Crippen LogP contribution in [-0.4, -0.2) is 11.4 Å². The van der Waals surface area contributed by atoms with Crippen LogP contribution in [0.15, 0.2) is 82.8 Å². The molecule has 0 fully saturated rings. The summed E-state index contributed by atoms with van der Waals surface area (Å²) in [6.07, 6.45) is 12.1. The van der Waals surface area contributed by atoms with Gasteiger partial charge in [-0.25, -0.2) is 0 Å². The molecule has 0 spiro atoms. The van der Waals surface area contributed by atoms with Crippen LogP contribution < -0.4 is 10.2 Å². The number of hydrogen-bond donors (Lipinski definition) is 0. The van der Waals surface area contributed by atoms with Crippen molar-refractivity contribution in [1.29, 1.82) is 0 Å². The Balaban J connectivity index is 0.000000432. The predicted molar refractivity (Wildman–Crippen MR) is 164 cm³/mol. The van der Waals surface area contributed by atoms with Crippen LogP contribution in [0, 0.1) is 0 Å². The van der Waals surface area contributed by atoms with E-state index in [1.807, 2.05) is 55.5 Å². The van der Waals surface area contributed by atoms with Crippen LogP contribution in [0.5, 0.6) is 11.5 Å². The van der Waals surface area contributed by atoms with E-state index in [-0.39, 0.29) is 28.0 Å². The topological polar surface area (TPSA) is 70.8 Å². The summed E-state index contributed by atoms with van der Waals surface area (Å²) in [7, 11) is 0. The molecule has 3 aromatic carbocycles. The van der Waals surface area contributed by atoms with Crippen LogP contribution in [0.1, 0.15) is 96.6 Å². The van der Waals surface area contributed by atoms with Gasteiger partial charge in [0, 0.05) is 0 Å². The molecule has 0 aliphatic carbocycles. The van der Waals surface area contributed by atoms with Crippen molar-refractivity contribution in [3.8, 4) is 11.5 Å². The number of rotatable bonds is 14. The first kappa shape index (κ1) is 35.1. The van der Waals surface area contributed by atoms with Gasteiger partial charge in [0.15, 0.2) is 0 Å². The summed E-state index contributed by atoms with van der Waals surface area (Å²) in [5.41, 5.74) is 6.34. The van der Waals surface area contributed by atoms with Crippen molar-refractivity contribution < 1.29 is 26.7 Å². The summed E-state index contributed by atoms with van der Waals surface area (Å²) in [6.45, 7) is 8.57. The van der Waals surface area contributed by atoms with Gasteiger partial charge in [-0.15, -0.1) is 11.5 Å². The maximum atomic E-state index is 11.2. The molecule has 3 aromatic rings. The Morgan fingerprint density at radius 1 is 0.600 bits per heavy atom. The van der Waals surface area contributed by atoms with E-state index in [0.29, 0.717) is 0 Å². The molecule has 0 aliphatic heterocycles. The molecule has 40 heavy (non-hydrogen) atoms. The van der Waals surface area contributed by atoms with Gasteiger partial charge in [-0.1, -0.05) is 108 Å². The molecule has 0 N–H and O–H groups in total. The molecule has 0 amide bonds. The molecule has 0 aliphatic rings. The second-order valence-corrected chi connectivity index (χ2v) is 9.83. The number of hydrogen-bond acceptors (Lipinski definition) is 4. The van der Waals surface area contributed by atoms with Crippen LogP contribution >= 0.6 is 0 Å². The smallest absolute Gasteiger partial charge is 0.873 e. The van der Waals surface area contributed by atoms with Crippen molar-refractivity contribution in [1.82, 2.24) is 0 Å². The fraction of sp³-hybridized carbons (Fsp3) is 0.429. The van der Waals surface area contributed by atoms with Crippen molar-refractivity contribution in [2.24, 2.45) is 9.98 Å². The molecule has 5 heteroatoms. The zero-order valence-corrected chi connectivity index (χ0v) is 25.7. The average Bonchev–Trinajstić information content (AvgIpc) is 2.96. The SMILES string of the molecule is CCCCCCC(=Nc1ccccc1)C(CC)=Nc1ccccc1.CCCCCc1cc([O-])c([O-])cc1CC.[Ni+2]. The molecule has 3 rings (SSSR count). The molecular formula is C35H46N2NiO2. The number of aryl methyl sites for hydroxylation is 2. The normalized spacial score (nSPS) is 11.4. The molecule has 0 unspecified atom stereocenters. The fourth-order valence-electron chi connectivity index (χ4n) is 4.42. The summed E-state index contributed by atoms with van der Waals surface area (Å²) >= 11 is 0. The van der Waals surface area contributed by atoms with Crippen molar-refractivity contribution in [2.75, 3.05) is 0 Å². The van der Waals surface area contributed by atoms with Gasteiger partial charge in [0.1, 0.15) is 0 Å². The molecular weight excluding hydrogens is 539 g/mol. The van der Waals surface area contributed by atoms with Crippen molar-refractivity contribution in [3.05, 3.63) is 83.9 Å². The minimum Gasteiger partial charge on any atom is -0.873 e. The maximum Gasteiger partial charge on any atom is 2.00 e. The fourth-order valence-corrected chi connectivity index (χ4v) is 4.42. The van der Waals surface area contributed by atoms with Gasteiger partial charge >= 0.3 is 16.5 Å². The van der Waals surface area contributed by atoms with Crippen LogP contribution in [0.4, 0.5) is 11.4 Å². The number of para-hydroxylation sites is 2. The van der Waals surface area contributed by atoms with E-state index in [1.165, 1.54) is 50.7 Å². The number of benzene rings is 3. The first-order valence-corrected chi connectivity index (χ1v) is 14.8. The Labute approximate surface area is 252 Å². The molecule has 218 valence electrons. The molecule has 0 bridgehead atoms. The number of aliphatic imine (C=N–C) groups is 2. The largest absolute Gasteiger partial charge is 2.00 e. The van der Waals surface area contributed by atoms with E-state index in [4.69, 9.17) is 9.98 Å². The zero-order valence-electron chi connectivity index (χ0n) is 24.7. The van der Waals surface area contributed by atoms with Gasteiger partial charge in [-0.05, 0) is 73.9 Å². The second kappa shape index (κ2) is 20.9. The van der Waals surface area contributed by atoms with Crippen LogP contribution in [0.2, 0.25) is 0 Å². The van der Waals surface area contributed by atoms with E-state index in [9.17, 15) is 10.2 Å².